The molecular formula is C21H20N4O3S. The standard InChI is InChI=1S/C21H20N4O3S/c1-13-8-10-15(11-9-13)12-29-21-24-18(22-14(2)26)17(20(28)25-21)23-19(27)16-6-4-3-5-7-16/h3-11H,12H2,1-2H3,(H,23,27)(H2,22,24,25,26,28). The lowest BCUT2D eigenvalue weighted by Gasteiger charge is -2.11. The van der Waals surface area contributed by atoms with Crippen LogP contribution in [0.5, 0.6) is 0 Å². The van der Waals surface area contributed by atoms with Crippen LogP contribution in [0.2, 0.25) is 0 Å². The maximum atomic E-state index is 12.6. The second-order valence-electron chi connectivity index (χ2n) is 6.37. The van der Waals surface area contributed by atoms with Gasteiger partial charge in [-0.15, -0.1) is 0 Å². The number of amides is 2. The molecule has 0 unspecified atom stereocenters. The summed E-state index contributed by atoms with van der Waals surface area (Å²) in [6, 6.07) is 16.5. The Morgan fingerprint density at radius 2 is 1.72 bits per heavy atom. The van der Waals surface area contributed by atoms with Crippen LogP contribution < -0.4 is 16.2 Å². The lowest BCUT2D eigenvalue weighted by atomic mass is 10.2. The van der Waals surface area contributed by atoms with Crippen LogP contribution in [0.3, 0.4) is 0 Å². The zero-order valence-electron chi connectivity index (χ0n) is 16.0. The summed E-state index contributed by atoms with van der Waals surface area (Å²) in [7, 11) is 0. The summed E-state index contributed by atoms with van der Waals surface area (Å²) in [5.74, 6) is -0.257. The Kier molecular flexibility index (Phi) is 6.46. The lowest BCUT2D eigenvalue weighted by molar-refractivity contribution is -0.114. The average Bonchev–Trinajstić information content (AvgIpc) is 2.70. The van der Waals surface area contributed by atoms with Gasteiger partial charge in [0.25, 0.3) is 11.5 Å². The number of benzene rings is 2. The third-order valence-corrected chi connectivity index (χ3v) is 4.91. The summed E-state index contributed by atoms with van der Waals surface area (Å²) in [6.07, 6.45) is 0. The van der Waals surface area contributed by atoms with E-state index in [-0.39, 0.29) is 11.5 Å². The first kappa shape index (κ1) is 20.3. The van der Waals surface area contributed by atoms with Crippen molar-refractivity contribution in [3.8, 4) is 0 Å². The third-order valence-electron chi connectivity index (χ3n) is 3.96. The topological polar surface area (TPSA) is 104 Å². The number of thioether (sulfide) groups is 1. The predicted octanol–water partition coefficient (Wildman–Crippen LogP) is 3.58. The van der Waals surface area contributed by atoms with Crippen LogP contribution in [0.25, 0.3) is 0 Å². The van der Waals surface area contributed by atoms with Crippen LogP contribution in [-0.4, -0.2) is 21.8 Å². The largest absolute Gasteiger partial charge is 0.314 e. The molecule has 0 aliphatic heterocycles. The Morgan fingerprint density at radius 1 is 1.03 bits per heavy atom. The van der Waals surface area contributed by atoms with Crippen molar-refractivity contribution in [1.29, 1.82) is 0 Å². The van der Waals surface area contributed by atoms with Gasteiger partial charge in [-0.3, -0.25) is 19.4 Å². The van der Waals surface area contributed by atoms with Gasteiger partial charge in [-0.2, -0.15) is 0 Å². The van der Waals surface area contributed by atoms with E-state index < -0.39 is 17.4 Å². The fraction of sp³-hybridized carbons (Fsp3) is 0.143. The van der Waals surface area contributed by atoms with E-state index in [9.17, 15) is 14.4 Å². The first-order chi connectivity index (χ1) is 13.9. The minimum atomic E-state index is -0.542. The molecule has 3 N–H and O–H groups in total. The predicted molar refractivity (Wildman–Crippen MR) is 114 cm³/mol. The molecule has 1 heterocycles. The van der Waals surface area contributed by atoms with E-state index >= 15 is 0 Å². The number of carbonyl (C=O) groups excluding carboxylic acids is 2. The number of rotatable bonds is 6. The van der Waals surface area contributed by atoms with Crippen LogP contribution in [0.15, 0.2) is 64.5 Å². The Morgan fingerprint density at radius 3 is 2.38 bits per heavy atom. The normalized spacial score (nSPS) is 10.4. The van der Waals surface area contributed by atoms with Crippen molar-refractivity contribution in [2.24, 2.45) is 0 Å². The second kappa shape index (κ2) is 9.20. The van der Waals surface area contributed by atoms with E-state index in [1.807, 2.05) is 31.2 Å². The van der Waals surface area contributed by atoms with E-state index in [0.29, 0.717) is 16.5 Å². The number of nitrogens with one attached hydrogen (secondary N) is 3. The maximum Gasteiger partial charge on any atom is 0.277 e. The van der Waals surface area contributed by atoms with Crippen LogP contribution in [0.1, 0.15) is 28.4 Å². The molecule has 0 saturated heterocycles. The molecule has 0 fully saturated rings. The first-order valence-electron chi connectivity index (χ1n) is 8.89. The van der Waals surface area contributed by atoms with Crippen molar-refractivity contribution in [1.82, 2.24) is 9.97 Å². The zero-order valence-corrected chi connectivity index (χ0v) is 16.8. The quantitative estimate of drug-likeness (QED) is 0.427. The summed E-state index contributed by atoms with van der Waals surface area (Å²) in [4.78, 5) is 43.6. The lowest BCUT2D eigenvalue weighted by Crippen LogP contribution is -2.24. The van der Waals surface area contributed by atoms with Crippen LogP contribution in [-0.2, 0) is 10.5 Å². The van der Waals surface area contributed by atoms with Gasteiger partial charge in [0.15, 0.2) is 16.7 Å². The fourth-order valence-electron chi connectivity index (χ4n) is 2.51. The van der Waals surface area contributed by atoms with Crippen LogP contribution >= 0.6 is 11.8 Å². The molecule has 0 spiro atoms. The highest BCUT2D eigenvalue weighted by Gasteiger charge is 2.17. The second-order valence-corrected chi connectivity index (χ2v) is 7.33. The number of aromatic nitrogens is 2. The van der Waals surface area contributed by atoms with E-state index in [1.165, 1.54) is 18.7 Å². The van der Waals surface area contributed by atoms with Gasteiger partial charge in [0.1, 0.15) is 0 Å². The molecule has 148 valence electrons. The number of hydrogen-bond donors (Lipinski definition) is 3. The molecule has 2 amide bonds. The summed E-state index contributed by atoms with van der Waals surface area (Å²) in [5.41, 5.74) is 1.98. The van der Waals surface area contributed by atoms with Crippen molar-refractivity contribution in [2.75, 3.05) is 10.6 Å². The zero-order chi connectivity index (χ0) is 20.8. The van der Waals surface area contributed by atoms with Crippen LogP contribution in [0.4, 0.5) is 11.5 Å². The Balaban J connectivity index is 1.84. The number of anilines is 2. The summed E-state index contributed by atoms with van der Waals surface area (Å²) in [6.45, 7) is 3.32. The smallest absolute Gasteiger partial charge is 0.277 e. The van der Waals surface area contributed by atoms with Gasteiger partial charge in [-0.1, -0.05) is 59.8 Å². The molecule has 1 aromatic heterocycles. The summed E-state index contributed by atoms with van der Waals surface area (Å²) < 4.78 is 0. The monoisotopic (exact) mass is 408 g/mol. The van der Waals surface area contributed by atoms with E-state index in [4.69, 9.17) is 0 Å². The Bertz CT molecular complexity index is 1080. The average molecular weight is 408 g/mol. The van der Waals surface area contributed by atoms with Gasteiger partial charge in [0, 0.05) is 18.2 Å². The molecule has 3 rings (SSSR count). The molecule has 7 nitrogen and oxygen atoms in total. The molecule has 0 bridgehead atoms. The highest BCUT2D eigenvalue weighted by molar-refractivity contribution is 7.98. The molecule has 3 aromatic rings. The number of nitrogens with zero attached hydrogens (tertiary/aromatic N) is 1. The summed E-state index contributed by atoms with van der Waals surface area (Å²) >= 11 is 1.33. The van der Waals surface area contributed by atoms with Crippen molar-refractivity contribution < 1.29 is 9.59 Å². The molecule has 0 atom stereocenters. The fourth-order valence-corrected chi connectivity index (χ4v) is 3.32. The minimum Gasteiger partial charge on any atom is -0.314 e. The van der Waals surface area contributed by atoms with E-state index in [0.717, 1.165) is 11.1 Å². The van der Waals surface area contributed by atoms with Crippen molar-refractivity contribution in [2.45, 2.75) is 24.8 Å². The number of aryl methyl sites for hydroxylation is 1. The number of hydrogen-bond acceptors (Lipinski definition) is 5. The summed E-state index contributed by atoms with van der Waals surface area (Å²) in [5, 5.41) is 5.40. The van der Waals surface area contributed by atoms with Gasteiger partial charge in [-0.25, -0.2) is 4.98 Å². The molecule has 0 saturated carbocycles. The van der Waals surface area contributed by atoms with Crippen molar-refractivity contribution in [3.05, 3.63) is 81.6 Å². The maximum absolute atomic E-state index is 12.6. The third kappa shape index (κ3) is 5.55. The Labute approximate surface area is 172 Å². The molecule has 2 aromatic carbocycles. The molecule has 0 aliphatic carbocycles. The van der Waals surface area contributed by atoms with Gasteiger partial charge >= 0.3 is 0 Å². The molecular weight excluding hydrogens is 388 g/mol. The van der Waals surface area contributed by atoms with Crippen LogP contribution in [0, 0.1) is 6.92 Å². The first-order valence-corrected chi connectivity index (χ1v) is 9.87. The SMILES string of the molecule is CC(=O)Nc1nc(SCc2ccc(C)cc2)[nH]c(=O)c1NC(=O)c1ccccc1. The number of aromatic amines is 1. The number of carbonyl (C=O) groups is 2. The highest BCUT2D eigenvalue weighted by atomic mass is 32.2. The minimum absolute atomic E-state index is 0.0111. The van der Waals surface area contributed by atoms with Gasteiger partial charge in [0.05, 0.1) is 0 Å². The van der Waals surface area contributed by atoms with Gasteiger partial charge < -0.3 is 10.6 Å². The molecule has 8 heteroatoms. The highest BCUT2D eigenvalue weighted by Crippen LogP contribution is 2.23. The van der Waals surface area contributed by atoms with Crippen molar-refractivity contribution >= 4 is 35.1 Å². The Hall–Kier alpha value is -3.39. The van der Waals surface area contributed by atoms with E-state index in [1.54, 1.807) is 30.3 Å². The molecule has 0 aliphatic rings. The van der Waals surface area contributed by atoms with Gasteiger partial charge in [0.2, 0.25) is 5.91 Å². The number of H-pyrrole nitrogens is 1. The van der Waals surface area contributed by atoms with E-state index in [2.05, 4.69) is 20.6 Å². The molecule has 0 radical (unpaired) electrons. The van der Waals surface area contributed by atoms with Crippen molar-refractivity contribution in [3.63, 3.8) is 0 Å². The van der Waals surface area contributed by atoms with Gasteiger partial charge in [-0.05, 0) is 24.6 Å². The molecule has 29 heavy (non-hydrogen) atoms.